The Morgan fingerprint density at radius 1 is 1.10 bits per heavy atom. The molecule has 2 aromatic carbocycles. The molecule has 2 aromatic rings. The fourth-order valence-electron chi connectivity index (χ4n) is 3.48. The zero-order chi connectivity index (χ0) is 20.5. The number of aliphatic imine (C=N–C) groups is 1. The number of guanidine groups is 1. The van der Waals surface area contributed by atoms with E-state index in [1.54, 1.807) is 14.2 Å². The van der Waals surface area contributed by atoms with Crippen molar-refractivity contribution in [1.29, 1.82) is 0 Å². The minimum atomic E-state index is 0. The van der Waals surface area contributed by atoms with Crippen molar-refractivity contribution in [2.75, 3.05) is 45.3 Å². The molecule has 1 heterocycles. The molecule has 0 spiro atoms. The van der Waals surface area contributed by atoms with E-state index in [4.69, 9.17) is 9.47 Å². The zero-order valence-electron chi connectivity index (χ0n) is 18.1. The fraction of sp³-hybridized carbons (Fsp3) is 0.435. The summed E-state index contributed by atoms with van der Waals surface area (Å²) in [5.41, 5.74) is 2.56. The molecule has 0 radical (unpaired) electrons. The predicted molar refractivity (Wildman–Crippen MR) is 135 cm³/mol. The van der Waals surface area contributed by atoms with E-state index in [-0.39, 0.29) is 30.0 Å². The number of anilines is 1. The van der Waals surface area contributed by atoms with Crippen molar-refractivity contribution in [1.82, 2.24) is 10.6 Å². The van der Waals surface area contributed by atoms with E-state index in [1.807, 2.05) is 24.3 Å². The SMILES string of the molecule is CN=C(NCCOc1cccc(OC)c1)NC(C)c1cccc(N2CCCC2)c1.I. The average Bonchev–Trinajstić information content (AvgIpc) is 3.31. The van der Waals surface area contributed by atoms with E-state index < -0.39 is 0 Å². The lowest BCUT2D eigenvalue weighted by Crippen LogP contribution is -2.40. The lowest BCUT2D eigenvalue weighted by atomic mass is 10.1. The first kappa shape index (κ1) is 24.1. The summed E-state index contributed by atoms with van der Waals surface area (Å²) in [5, 5.41) is 6.77. The average molecular weight is 524 g/mol. The summed E-state index contributed by atoms with van der Waals surface area (Å²) in [6.45, 7) is 5.65. The molecule has 1 fully saturated rings. The molecule has 0 aliphatic carbocycles. The number of halogens is 1. The van der Waals surface area contributed by atoms with Crippen molar-refractivity contribution in [3.8, 4) is 11.5 Å². The molecule has 6 nitrogen and oxygen atoms in total. The Morgan fingerprint density at radius 3 is 2.57 bits per heavy atom. The van der Waals surface area contributed by atoms with Crippen LogP contribution in [-0.2, 0) is 0 Å². The Morgan fingerprint density at radius 2 is 1.83 bits per heavy atom. The largest absolute Gasteiger partial charge is 0.497 e. The molecule has 0 saturated carbocycles. The van der Waals surface area contributed by atoms with E-state index >= 15 is 0 Å². The number of hydrogen-bond acceptors (Lipinski definition) is 4. The van der Waals surface area contributed by atoms with Gasteiger partial charge in [0.2, 0.25) is 0 Å². The molecule has 1 aliphatic rings. The lowest BCUT2D eigenvalue weighted by Gasteiger charge is -2.22. The molecule has 7 heteroatoms. The Kier molecular flexibility index (Phi) is 10.1. The van der Waals surface area contributed by atoms with Gasteiger partial charge in [-0.25, -0.2) is 0 Å². The van der Waals surface area contributed by atoms with Crippen LogP contribution in [0.2, 0.25) is 0 Å². The van der Waals surface area contributed by atoms with Gasteiger partial charge in [0.1, 0.15) is 18.1 Å². The van der Waals surface area contributed by atoms with E-state index in [0.717, 1.165) is 30.5 Å². The van der Waals surface area contributed by atoms with Crippen molar-refractivity contribution >= 4 is 35.6 Å². The highest BCUT2D eigenvalue weighted by atomic mass is 127. The highest BCUT2D eigenvalue weighted by molar-refractivity contribution is 14.0. The maximum atomic E-state index is 5.77. The van der Waals surface area contributed by atoms with Crippen LogP contribution in [-0.4, -0.2) is 46.4 Å². The molecule has 0 bridgehead atoms. The first-order chi connectivity index (χ1) is 14.2. The van der Waals surface area contributed by atoms with Gasteiger partial charge in [0.15, 0.2) is 5.96 Å². The van der Waals surface area contributed by atoms with Gasteiger partial charge in [0.25, 0.3) is 0 Å². The monoisotopic (exact) mass is 524 g/mol. The fourth-order valence-corrected chi connectivity index (χ4v) is 3.48. The van der Waals surface area contributed by atoms with Gasteiger partial charge in [-0.3, -0.25) is 4.99 Å². The Labute approximate surface area is 197 Å². The van der Waals surface area contributed by atoms with Gasteiger partial charge >= 0.3 is 0 Å². The van der Waals surface area contributed by atoms with Crippen LogP contribution in [0.4, 0.5) is 5.69 Å². The maximum absolute atomic E-state index is 5.77. The van der Waals surface area contributed by atoms with E-state index in [2.05, 4.69) is 51.7 Å². The molecule has 0 aromatic heterocycles. The molecule has 3 rings (SSSR count). The molecule has 2 N–H and O–H groups in total. The smallest absolute Gasteiger partial charge is 0.191 e. The Bertz CT molecular complexity index is 809. The molecule has 1 aliphatic heterocycles. The normalized spacial score (nSPS) is 14.6. The van der Waals surface area contributed by atoms with Gasteiger partial charge < -0.3 is 25.0 Å². The number of rotatable bonds is 8. The van der Waals surface area contributed by atoms with Crippen LogP contribution in [0.25, 0.3) is 0 Å². The minimum Gasteiger partial charge on any atom is -0.497 e. The number of benzene rings is 2. The molecule has 0 amide bonds. The summed E-state index contributed by atoms with van der Waals surface area (Å²) < 4.78 is 11.0. The number of nitrogens with zero attached hydrogens (tertiary/aromatic N) is 2. The molecule has 30 heavy (non-hydrogen) atoms. The van der Waals surface area contributed by atoms with Gasteiger partial charge in [-0.15, -0.1) is 24.0 Å². The van der Waals surface area contributed by atoms with Gasteiger partial charge in [-0.1, -0.05) is 18.2 Å². The van der Waals surface area contributed by atoms with Crippen molar-refractivity contribution < 1.29 is 9.47 Å². The third-order valence-electron chi connectivity index (χ3n) is 5.12. The topological polar surface area (TPSA) is 58.1 Å². The van der Waals surface area contributed by atoms with Crippen LogP contribution in [0, 0.1) is 0 Å². The van der Waals surface area contributed by atoms with Crippen LogP contribution in [0.5, 0.6) is 11.5 Å². The van der Waals surface area contributed by atoms with Crippen LogP contribution in [0.15, 0.2) is 53.5 Å². The first-order valence-electron chi connectivity index (χ1n) is 10.3. The predicted octanol–water partition coefficient (Wildman–Crippen LogP) is 4.22. The van der Waals surface area contributed by atoms with Crippen molar-refractivity contribution in [2.45, 2.75) is 25.8 Å². The Balaban J connectivity index is 0.00000320. The number of nitrogens with one attached hydrogen (secondary N) is 2. The van der Waals surface area contributed by atoms with Gasteiger partial charge in [-0.2, -0.15) is 0 Å². The highest BCUT2D eigenvalue weighted by Crippen LogP contribution is 2.24. The number of hydrogen-bond donors (Lipinski definition) is 2. The maximum Gasteiger partial charge on any atom is 0.191 e. The molecule has 164 valence electrons. The second kappa shape index (κ2) is 12.5. The van der Waals surface area contributed by atoms with Crippen molar-refractivity contribution in [3.63, 3.8) is 0 Å². The van der Waals surface area contributed by atoms with Crippen LogP contribution >= 0.6 is 24.0 Å². The quantitative estimate of drug-likeness (QED) is 0.235. The van der Waals surface area contributed by atoms with Crippen molar-refractivity contribution in [2.24, 2.45) is 4.99 Å². The number of methoxy groups -OCH3 is 1. The molecular weight excluding hydrogens is 491 g/mol. The summed E-state index contributed by atoms with van der Waals surface area (Å²) >= 11 is 0. The standard InChI is InChI=1S/C23H32N4O2.HI/c1-18(19-8-6-9-20(16-19)27-13-4-5-14-27)26-23(24-2)25-12-15-29-22-11-7-10-21(17-22)28-3;/h6-11,16-18H,4-5,12-15H2,1-3H3,(H2,24,25,26);1H. The van der Waals surface area contributed by atoms with Gasteiger partial charge in [0, 0.05) is 31.9 Å². The summed E-state index contributed by atoms with van der Waals surface area (Å²) in [7, 11) is 3.43. The lowest BCUT2D eigenvalue weighted by molar-refractivity contribution is 0.319. The van der Waals surface area contributed by atoms with E-state index in [0.29, 0.717) is 13.2 Å². The first-order valence-corrected chi connectivity index (χ1v) is 10.3. The molecule has 1 saturated heterocycles. The second-order valence-electron chi connectivity index (χ2n) is 7.18. The van der Waals surface area contributed by atoms with Crippen LogP contribution in [0.1, 0.15) is 31.4 Å². The third-order valence-corrected chi connectivity index (χ3v) is 5.12. The van der Waals surface area contributed by atoms with Gasteiger partial charge in [0.05, 0.1) is 19.7 Å². The molecule has 1 unspecified atom stereocenters. The van der Waals surface area contributed by atoms with E-state index in [1.165, 1.54) is 24.1 Å². The second-order valence-corrected chi connectivity index (χ2v) is 7.18. The molecular formula is C23H33IN4O2. The summed E-state index contributed by atoms with van der Waals surface area (Å²) in [4.78, 5) is 6.79. The summed E-state index contributed by atoms with van der Waals surface area (Å²) in [5.74, 6) is 2.34. The zero-order valence-corrected chi connectivity index (χ0v) is 20.4. The van der Waals surface area contributed by atoms with Gasteiger partial charge in [-0.05, 0) is 49.6 Å². The van der Waals surface area contributed by atoms with E-state index in [9.17, 15) is 0 Å². The summed E-state index contributed by atoms with van der Waals surface area (Å²) in [6, 6.07) is 16.6. The van der Waals surface area contributed by atoms with Crippen molar-refractivity contribution in [3.05, 3.63) is 54.1 Å². The van der Waals surface area contributed by atoms with Crippen LogP contribution in [0.3, 0.4) is 0 Å². The van der Waals surface area contributed by atoms with Crippen LogP contribution < -0.4 is 25.0 Å². The summed E-state index contributed by atoms with van der Waals surface area (Å²) in [6.07, 6.45) is 2.57. The minimum absolute atomic E-state index is 0. The third kappa shape index (κ3) is 6.97. The Hall–Kier alpha value is -2.16. The molecule has 1 atom stereocenters. The number of ether oxygens (including phenoxy) is 2. The highest BCUT2D eigenvalue weighted by Gasteiger charge is 2.14.